The first-order valence-corrected chi connectivity index (χ1v) is 10.8. The van der Waals surface area contributed by atoms with Gasteiger partial charge in [0, 0.05) is 11.8 Å². The largest absolute Gasteiger partial charge is 0.493 e. The van der Waals surface area contributed by atoms with Crippen LogP contribution < -0.4 is 24.2 Å². The Hall–Kier alpha value is -3.72. The number of rotatable bonds is 5. The molecule has 4 rings (SSSR count). The van der Waals surface area contributed by atoms with Gasteiger partial charge in [-0.1, -0.05) is 6.07 Å². The van der Waals surface area contributed by atoms with E-state index in [0.29, 0.717) is 22.9 Å². The maximum absolute atomic E-state index is 12.9. The van der Waals surface area contributed by atoms with E-state index in [2.05, 4.69) is 10.0 Å². The summed E-state index contributed by atoms with van der Waals surface area (Å²) in [5.41, 5.74) is 1.95. The van der Waals surface area contributed by atoms with Crippen LogP contribution in [0.4, 0.5) is 11.4 Å². The third kappa shape index (κ3) is 3.99. The summed E-state index contributed by atoms with van der Waals surface area (Å²) < 4.78 is 44.4. The van der Waals surface area contributed by atoms with Gasteiger partial charge in [-0.05, 0) is 55.0 Å². The zero-order chi connectivity index (χ0) is 22.2. The lowest BCUT2D eigenvalue weighted by molar-refractivity contribution is 0.102. The third-order valence-corrected chi connectivity index (χ3v) is 6.12. The van der Waals surface area contributed by atoms with Crippen molar-refractivity contribution in [2.75, 3.05) is 24.3 Å². The lowest BCUT2D eigenvalue weighted by Crippen LogP contribution is -2.15. The zero-order valence-corrected chi connectivity index (χ0v) is 17.9. The van der Waals surface area contributed by atoms with Crippen molar-refractivity contribution in [3.8, 4) is 23.0 Å². The van der Waals surface area contributed by atoms with E-state index in [-0.39, 0.29) is 21.9 Å². The molecule has 0 fully saturated rings. The number of ether oxygens (including phenoxy) is 3. The van der Waals surface area contributed by atoms with Gasteiger partial charge in [0.1, 0.15) is 5.75 Å². The van der Waals surface area contributed by atoms with Gasteiger partial charge in [0.05, 0.1) is 30.4 Å². The molecule has 160 valence electrons. The van der Waals surface area contributed by atoms with Crippen LogP contribution in [0.15, 0.2) is 59.5 Å². The summed E-state index contributed by atoms with van der Waals surface area (Å²) in [6, 6.07) is 14.2. The van der Waals surface area contributed by atoms with Gasteiger partial charge in [0.2, 0.25) is 0 Å². The van der Waals surface area contributed by atoms with Crippen LogP contribution in [-0.2, 0) is 10.0 Å². The molecule has 8 nitrogen and oxygen atoms in total. The van der Waals surface area contributed by atoms with E-state index in [1.807, 2.05) is 13.0 Å². The van der Waals surface area contributed by atoms with Gasteiger partial charge < -0.3 is 19.5 Å². The number of sulfonamides is 1. The zero-order valence-electron chi connectivity index (χ0n) is 17.1. The molecule has 0 spiro atoms. The first kappa shape index (κ1) is 20.5. The third-order valence-electron chi connectivity index (χ3n) is 4.74. The normalized spacial score (nSPS) is 12.5. The van der Waals surface area contributed by atoms with E-state index in [4.69, 9.17) is 14.2 Å². The molecule has 3 aromatic carbocycles. The van der Waals surface area contributed by atoms with Gasteiger partial charge >= 0.3 is 0 Å². The summed E-state index contributed by atoms with van der Waals surface area (Å²) in [6.07, 6.45) is 0. The molecule has 0 unspecified atom stereocenters. The molecule has 1 aliphatic heterocycles. The summed E-state index contributed by atoms with van der Waals surface area (Å²) in [5, 5.41) is 2.80. The molecule has 1 aliphatic rings. The molecule has 9 heteroatoms. The summed E-state index contributed by atoms with van der Waals surface area (Å²) in [6.45, 7) is 1.91. The molecule has 0 saturated heterocycles. The second-order valence-corrected chi connectivity index (χ2v) is 8.57. The summed E-state index contributed by atoms with van der Waals surface area (Å²) >= 11 is 0. The Morgan fingerprint density at radius 3 is 2.39 bits per heavy atom. The lowest BCUT2D eigenvalue weighted by atomic mass is 10.1. The maximum Gasteiger partial charge on any atom is 0.262 e. The fourth-order valence-corrected chi connectivity index (χ4v) is 4.26. The highest BCUT2D eigenvalue weighted by Crippen LogP contribution is 2.37. The number of benzene rings is 3. The Morgan fingerprint density at radius 2 is 1.65 bits per heavy atom. The number of aryl methyl sites for hydroxylation is 1. The molecule has 31 heavy (non-hydrogen) atoms. The minimum Gasteiger partial charge on any atom is -0.493 e. The van der Waals surface area contributed by atoms with E-state index < -0.39 is 15.9 Å². The van der Waals surface area contributed by atoms with E-state index >= 15 is 0 Å². The molecular weight excluding hydrogens is 420 g/mol. The number of nitrogens with one attached hydrogen (secondary N) is 2. The number of anilines is 2. The van der Waals surface area contributed by atoms with E-state index in [9.17, 15) is 13.2 Å². The van der Waals surface area contributed by atoms with Crippen molar-refractivity contribution < 1.29 is 27.4 Å². The number of methoxy groups -OCH3 is 2. The molecule has 0 saturated carbocycles. The number of fused-ring (bicyclic) bond motifs is 2. The predicted octanol–water partition coefficient (Wildman–Crippen LogP) is 4.17. The van der Waals surface area contributed by atoms with Crippen LogP contribution in [0.3, 0.4) is 0 Å². The van der Waals surface area contributed by atoms with Gasteiger partial charge in [0.15, 0.2) is 17.2 Å². The van der Waals surface area contributed by atoms with Crippen LogP contribution in [0, 0.1) is 6.92 Å². The second-order valence-electron chi connectivity index (χ2n) is 6.89. The standard InChI is InChI=1S/C22H20N2O6S/c1-13-4-7-19-17(10-13)23-22(25)16-11-14(5-8-18(16)30-19)24-31(26,27)15-6-9-20(28-2)21(12-15)29-3/h4-12,24H,1-3H3,(H,23,25). The van der Waals surface area contributed by atoms with Gasteiger partial charge in [0.25, 0.3) is 15.9 Å². The number of carbonyl (C=O) groups excluding carboxylic acids is 1. The Bertz CT molecular complexity index is 1290. The van der Waals surface area contributed by atoms with Crippen molar-refractivity contribution in [3.05, 3.63) is 65.7 Å². The SMILES string of the molecule is COc1ccc(S(=O)(=O)Nc2ccc3c(c2)C(=O)Nc2cc(C)ccc2O3)cc1OC. The first-order valence-electron chi connectivity index (χ1n) is 9.29. The van der Waals surface area contributed by atoms with Crippen molar-refractivity contribution in [2.24, 2.45) is 0 Å². The molecule has 3 aromatic rings. The quantitative estimate of drug-likeness (QED) is 0.617. The van der Waals surface area contributed by atoms with Gasteiger partial charge in [-0.2, -0.15) is 0 Å². The van der Waals surface area contributed by atoms with Crippen molar-refractivity contribution in [1.82, 2.24) is 0 Å². The number of amides is 1. The number of carbonyl (C=O) groups is 1. The summed E-state index contributed by atoms with van der Waals surface area (Å²) in [7, 11) is -1.05. The monoisotopic (exact) mass is 440 g/mol. The van der Waals surface area contributed by atoms with Gasteiger partial charge in [-0.25, -0.2) is 8.42 Å². The summed E-state index contributed by atoms with van der Waals surface area (Å²) in [5.74, 6) is 1.14. The minimum atomic E-state index is -3.94. The molecule has 1 amide bonds. The lowest BCUT2D eigenvalue weighted by Gasteiger charge is -2.13. The highest BCUT2D eigenvalue weighted by Gasteiger charge is 2.23. The predicted molar refractivity (Wildman–Crippen MR) is 116 cm³/mol. The van der Waals surface area contributed by atoms with Crippen LogP contribution >= 0.6 is 0 Å². The second kappa shape index (κ2) is 7.84. The van der Waals surface area contributed by atoms with E-state index in [1.54, 1.807) is 18.2 Å². The Labute approximate surface area is 179 Å². The molecule has 2 N–H and O–H groups in total. The fraction of sp³-hybridized carbons (Fsp3) is 0.136. The maximum atomic E-state index is 12.9. The topological polar surface area (TPSA) is 103 Å². The van der Waals surface area contributed by atoms with Crippen molar-refractivity contribution >= 4 is 27.3 Å². The van der Waals surface area contributed by atoms with Gasteiger partial charge in [-0.3, -0.25) is 9.52 Å². The minimum absolute atomic E-state index is 0.0105. The summed E-state index contributed by atoms with van der Waals surface area (Å²) in [4.78, 5) is 12.7. The van der Waals surface area contributed by atoms with Gasteiger partial charge in [-0.15, -0.1) is 0 Å². The number of hydrogen-bond donors (Lipinski definition) is 2. The van der Waals surface area contributed by atoms with Crippen molar-refractivity contribution in [2.45, 2.75) is 11.8 Å². The van der Waals surface area contributed by atoms with E-state index in [1.165, 1.54) is 44.6 Å². The first-order chi connectivity index (χ1) is 14.8. The molecule has 0 radical (unpaired) electrons. The average molecular weight is 440 g/mol. The van der Waals surface area contributed by atoms with Crippen LogP contribution in [0.5, 0.6) is 23.0 Å². The van der Waals surface area contributed by atoms with E-state index in [0.717, 1.165) is 5.56 Å². The Morgan fingerprint density at radius 1 is 0.903 bits per heavy atom. The fourth-order valence-electron chi connectivity index (χ4n) is 3.20. The Kier molecular flexibility index (Phi) is 5.20. The van der Waals surface area contributed by atoms with Crippen molar-refractivity contribution in [1.29, 1.82) is 0 Å². The molecule has 0 atom stereocenters. The molecule has 0 aromatic heterocycles. The number of hydrogen-bond acceptors (Lipinski definition) is 6. The highest BCUT2D eigenvalue weighted by molar-refractivity contribution is 7.92. The Balaban J connectivity index is 1.65. The van der Waals surface area contributed by atoms with Crippen LogP contribution in [0.2, 0.25) is 0 Å². The van der Waals surface area contributed by atoms with Crippen molar-refractivity contribution in [3.63, 3.8) is 0 Å². The average Bonchev–Trinajstić information content (AvgIpc) is 2.88. The van der Waals surface area contributed by atoms with Crippen LogP contribution in [-0.4, -0.2) is 28.5 Å². The molecule has 1 heterocycles. The molecule has 0 aliphatic carbocycles. The van der Waals surface area contributed by atoms with Crippen LogP contribution in [0.1, 0.15) is 15.9 Å². The van der Waals surface area contributed by atoms with Crippen LogP contribution in [0.25, 0.3) is 0 Å². The highest BCUT2D eigenvalue weighted by atomic mass is 32.2. The molecular formula is C22H20N2O6S. The smallest absolute Gasteiger partial charge is 0.262 e. The molecule has 0 bridgehead atoms.